The molecule has 25 heavy (non-hydrogen) atoms. The summed E-state index contributed by atoms with van der Waals surface area (Å²) >= 11 is 0. The maximum absolute atomic E-state index is 12.3. The molecule has 136 valence electrons. The first kappa shape index (κ1) is 17.1. The van der Waals surface area contributed by atoms with Crippen LogP contribution in [-0.2, 0) is 11.2 Å². The number of likely N-dealkylation sites (tertiary alicyclic amines) is 1. The second-order valence-corrected chi connectivity index (χ2v) is 8.43. The van der Waals surface area contributed by atoms with Crippen molar-refractivity contribution in [3.63, 3.8) is 0 Å². The zero-order valence-corrected chi connectivity index (χ0v) is 15.3. The Kier molecular flexibility index (Phi) is 5.40. The Balaban J connectivity index is 1.22. The molecule has 3 atom stereocenters. The second kappa shape index (κ2) is 7.90. The number of fused-ring (bicyclic) bond motifs is 1. The Hall–Kier alpha value is -1.35. The van der Waals surface area contributed by atoms with Crippen molar-refractivity contribution < 1.29 is 4.79 Å². The lowest BCUT2D eigenvalue weighted by atomic mass is 9.78. The molecule has 0 radical (unpaired) electrons. The van der Waals surface area contributed by atoms with Crippen LogP contribution >= 0.6 is 0 Å². The number of benzene rings is 1. The first-order chi connectivity index (χ1) is 12.3. The molecule has 2 saturated heterocycles. The van der Waals surface area contributed by atoms with E-state index in [1.807, 2.05) is 0 Å². The minimum atomic E-state index is 0.285. The quantitative estimate of drug-likeness (QED) is 0.887. The van der Waals surface area contributed by atoms with Crippen LogP contribution in [0.5, 0.6) is 0 Å². The first-order valence-electron chi connectivity index (χ1n) is 10.4. The molecular weight excluding hydrogens is 308 g/mol. The van der Waals surface area contributed by atoms with E-state index in [0.717, 1.165) is 18.9 Å². The monoisotopic (exact) mass is 340 g/mol. The minimum Gasteiger partial charge on any atom is -0.353 e. The second-order valence-electron chi connectivity index (χ2n) is 8.43. The lowest BCUT2D eigenvalue weighted by Gasteiger charge is -2.33. The molecule has 1 saturated carbocycles. The van der Waals surface area contributed by atoms with Gasteiger partial charge in [-0.1, -0.05) is 43.2 Å². The van der Waals surface area contributed by atoms with Gasteiger partial charge in [0, 0.05) is 12.0 Å². The number of rotatable bonds is 5. The van der Waals surface area contributed by atoms with Crippen molar-refractivity contribution >= 4 is 5.91 Å². The van der Waals surface area contributed by atoms with E-state index in [0.29, 0.717) is 17.9 Å². The largest absolute Gasteiger partial charge is 0.353 e. The van der Waals surface area contributed by atoms with Crippen LogP contribution in [0.3, 0.4) is 0 Å². The number of carbonyl (C=O) groups is 1. The number of nitrogens with one attached hydrogen (secondary N) is 1. The van der Waals surface area contributed by atoms with Crippen LogP contribution in [0.15, 0.2) is 30.3 Å². The predicted molar refractivity (Wildman–Crippen MR) is 101 cm³/mol. The zero-order valence-electron chi connectivity index (χ0n) is 15.3. The van der Waals surface area contributed by atoms with Gasteiger partial charge in [-0.3, -0.25) is 4.79 Å². The molecule has 1 aliphatic carbocycles. The third kappa shape index (κ3) is 4.08. The van der Waals surface area contributed by atoms with E-state index >= 15 is 0 Å². The number of amides is 1. The normalized spacial score (nSPS) is 30.9. The minimum absolute atomic E-state index is 0.285. The smallest absolute Gasteiger partial charge is 0.223 e. The maximum Gasteiger partial charge on any atom is 0.223 e. The fourth-order valence-electron chi connectivity index (χ4n) is 5.33. The highest BCUT2D eigenvalue weighted by atomic mass is 16.2. The van der Waals surface area contributed by atoms with Crippen LogP contribution in [0.2, 0.25) is 0 Å². The number of hydrogen-bond acceptors (Lipinski definition) is 2. The Morgan fingerprint density at radius 3 is 2.56 bits per heavy atom. The molecule has 0 spiro atoms. The molecule has 3 fully saturated rings. The molecule has 1 aromatic rings. The SMILES string of the molecule is O=C1N[C@@H]2CCCC[C@H]2C1CCN1CCC(Cc2ccccc2)CC1. The summed E-state index contributed by atoms with van der Waals surface area (Å²) in [5, 5.41) is 3.27. The van der Waals surface area contributed by atoms with E-state index in [4.69, 9.17) is 0 Å². The van der Waals surface area contributed by atoms with Crippen molar-refractivity contribution in [3.8, 4) is 0 Å². The first-order valence-corrected chi connectivity index (χ1v) is 10.4. The molecule has 3 nitrogen and oxygen atoms in total. The van der Waals surface area contributed by atoms with E-state index in [2.05, 4.69) is 40.5 Å². The average molecular weight is 341 g/mol. The van der Waals surface area contributed by atoms with Gasteiger partial charge < -0.3 is 10.2 Å². The van der Waals surface area contributed by atoms with Gasteiger partial charge in [-0.15, -0.1) is 0 Å². The van der Waals surface area contributed by atoms with Gasteiger partial charge in [0.05, 0.1) is 0 Å². The van der Waals surface area contributed by atoms with E-state index in [1.54, 1.807) is 0 Å². The lowest BCUT2D eigenvalue weighted by Crippen LogP contribution is -2.36. The summed E-state index contributed by atoms with van der Waals surface area (Å²) in [6, 6.07) is 11.4. The topological polar surface area (TPSA) is 32.3 Å². The molecule has 3 heteroatoms. The van der Waals surface area contributed by atoms with E-state index in [-0.39, 0.29) is 5.92 Å². The van der Waals surface area contributed by atoms with Crippen molar-refractivity contribution in [2.24, 2.45) is 17.8 Å². The van der Waals surface area contributed by atoms with Crippen molar-refractivity contribution in [1.82, 2.24) is 10.2 Å². The summed E-state index contributed by atoms with van der Waals surface area (Å²) in [5.74, 6) is 2.08. The molecule has 0 aromatic heterocycles. The van der Waals surface area contributed by atoms with Crippen LogP contribution in [0.25, 0.3) is 0 Å². The maximum atomic E-state index is 12.3. The van der Waals surface area contributed by atoms with Crippen LogP contribution in [0.4, 0.5) is 0 Å². The van der Waals surface area contributed by atoms with Gasteiger partial charge in [0.25, 0.3) is 0 Å². The third-order valence-corrected chi connectivity index (χ3v) is 6.83. The molecule has 2 heterocycles. The standard InChI is InChI=1S/C22H32N2O/c25-22-20(19-8-4-5-9-21(19)23-22)12-15-24-13-10-18(11-14-24)16-17-6-2-1-3-7-17/h1-3,6-7,18-21H,4-5,8-16H2,(H,23,25)/t19-,20?,21+/m0/s1. The highest BCUT2D eigenvalue weighted by Crippen LogP contribution is 2.37. The highest BCUT2D eigenvalue weighted by Gasteiger charge is 2.42. The molecule has 1 unspecified atom stereocenters. The molecule has 1 aromatic carbocycles. The number of piperidine rings is 1. The van der Waals surface area contributed by atoms with Gasteiger partial charge in [-0.25, -0.2) is 0 Å². The van der Waals surface area contributed by atoms with Crippen LogP contribution in [-0.4, -0.2) is 36.5 Å². The van der Waals surface area contributed by atoms with Gasteiger partial charge in [-0.05, 0) is 75.6 Å². The van der Waals surface area contributed by atoms with Crippen LogP contribution < -0.4 is 5.32 Å². The predicted octanol–water partition coefficient (Wildman–Crippen LogP) is 3.64. The van der Waals surface area contributed by atoms with Crippen molar-refractivity contribution in [1.29, 1.82) is 0 Å². The average Bonchev–Trinajstić information content (AvgIpc) is 2.97. The van der Waals surface area contributed by atoms with Crippen LogP contribution in [0, 0.1) is 17.8 Å². The van der Waals surface area contributed by atoms with Gasteiger partial charge in [0.15, 0.2) is 0 Å². The van der Waals surface area contributed by atoms with E-state index in [1.165, 1.54) is 63.6 Å². The Morgan fingerprint density at radius 1 is 1.00 bits per heavy atom. The summed E-state index contributed by atoms with van der Waals surface area (Å²) in [4.78, 5) is 14.9. The molecule has 2 aliphatic heterocycles. The molecular formula is C22H32N2O. The summed E-state index contributed by atoms with van der Waals surface area (Å²) in [7, 11) is 0. The van der Waals surface area contributed by atoms with Crippen molar-refractivity contribution in [2.45, 2.75) is 57.4 Å². The highest BCUT2D eigenvalue weighted by molar-refractivity contribution is 5.81. The summed E-state index contributed by atoms with van der Waals surface area (Å²) < 4.78 is 0. The Morgan fingerprint density at radius 2 is 1.76 bits per heavy atom. The van der Waals surface area contributed by atoms with Gasteiger partial charge in [0.1, 0.15) is 0 Å². The fourth-order valence-corrected chi connectivity index (χ4v) is 5.33. The van der Waals surface area contributed by atoms with Crippen molar-refractivity contribution in [3.05, 3.63) is 35.9 Å². The van der Waals surface area contributed by atoms with Crippen LogP contribution in [0.1, 0.15) is 50.5 Å². The number of hydrogen-bond donors (Lipinski definition) is 1. The van der Waals surface area contributed by atoms with Crippen molar-refractivity contribution in [2.75, 3.05) is 19.6 Å². The summed E-state index contributed by atoms with van der Waals surface area (Å²) in [5.41, 5.74) is 1.48. The van der Waals surface area contributed by atoms with Gasteiger partial charge in [0.2, 0.25) is 5.91 Å². The third-order valence-electron chi connectivity index (χ3n) is 6.83. The Bertz CT molecular complexity index is 565. The molecule has 3 aliphatic rings. The van der Waals surface area contributed by atoms with Gasteiger partial charge in [-0.2, -0.15) is 0 Å². The number of carbonyl (C=O) groups excluding carboxylic acids is 1. The fraction of sp³-hybridized carbons (Fsp3) is 0.682. The molecule has 0 bridgehead atoms. The molecule has 1 N–H and O–H groups in total. The van der Waals surface area contributed by atoms with E-state index < -0.39 is 0 Å². The van der Waals surface area contributed by atoms with E-state index in [9.17, 15) is 4.79 Å². The molecule has 1 amide bonds. The van der Waals surface area contributed by atoms with Gasteiger partial charge >= 0.3 is 0 Å². The number of nitrogens with zero attached hydrogens (tertiary/aromatic N) is 1. The molecule has 4 rings (SSSR count). The lowest BCUT2D eigenvalue weighted by molar-refractivity contribution is -0.123. The summed E-state index contributed by atoms with van der Waals surface area (Å²) in [6.07, 6.45) is 9.97. The Labute approximate surface area is 152 Å². The zero-order chi connectivity index (χ0) is 17.1. The summed E-state index contributed by atoms with van der Waals surface area (Å²) in [6.45, 7) is 3.53.